The smallest absolute Gasteiger partial charge is 0.139 e. The van der Waals surface area contributed by atoms with Gasteiger partial charge in [0.25, 0.3) is 0 Å². The second-order valence-electron chi connectivity index (χ2n) is 5.12. The van der Waals surface area contributed by atoms with Crippen molar-refractivity contribution in [2.75, 3.05) is 0 Å². The summed E-state index contributed by atoms with van der Waals surface area (Å²) in [4.78, 5) is 12.2. The fraction of sp³-hybridized carbons (Fsp3) is 0.312. The third kappa shape index (κ3) is 2.34. The van der Waals surface area contributed by atoms with Gasteiger partial charge in [-0.05, 0) is 11.6 Å². The van der Waals surface area contributed by atoms with E-state index in [1.165, 1.54) is 0 Å². The molecule has 3 heteroatoms. The molecule has 0 unspecified atom stereocenters. The average Bonchev–Trinajstić information content (AvgIpc) is 2.97. The Hall–Kier alpha value is -1.87. The highest BCUT2D eigenvalue weighted by Gasteiger charge is 2.34. The molecular weight excluding hydrogens is 238 g/mol. The first-order valence-electron chi connectivity index (χ1n) is 6.61. The SMILES string of the molecule is C[C@@H]1C(=O)C[C@@H](c2ccoc2)N[C@H]1c1ccccc1. The fourth-order valence-electron chi connectivity index (χ4n) is 2.73. The first-order chi connectivity index (χ1) is 9.25. The summed E-state index contributed by atoms with van der Waals surface area (Å²) in [7, 11) is 0. The number of furan rings is 1. The molecule has 98 valence electrons. The second-order valence-corrected chi connectivity index (χ2v) is 5.12. The molecule has 3 rings (SSSR count). The van der Waals surface area contributed by atoms with Gasteiger partial charge in [0, 0.05) is 30.0 Å². The van der Waals surface area contributed by atoms with E-state index in [1.807, 2.05) is 31.2 Å². The number of hydrogen-bond acceptors (Lipinski definition) is 3. The molecule has 1 N–H and O–H groups in total. The van der Waals surface area contributed by atoms with E-state index in [0.717, 1.165) is 11.1 Å². The zero-order valence-electron chi connectivity index (χ0n) is 10.9. The van der Waals surface area contributed by atoms with Gasteiger partial charge >= 0.3 is 0 Å². The number of Topliss-reactive ketones (excluding diaryl/α,β-unsaturated/α-hetero) is 1. The predicted octanol–water partition coefficient (Wildman–Crippen LogP) is 3.26. The van der Waals surface area contributed by atoms with E-state index in [-0.39, 0.29) is 18.0 Å². The number of nitrogens with one attached hydrogen (secondary N) is 1. The molecule has 0 saturated carbocycles. The lowest BCUT2D eigenvalue weighted by Crippen LogP contribution is -2.41. The van der Waals surface area contributed by atoms with E-state index < -0.39 is 0 Å². The van der Waals surface area contributed by atoms with Crippen LogP contribution in [0.4, 0.5) is 0 Å². The average molecular weight is 255 g/mol. The van der Waals surface area contributed by atoms with Crippen LogP contribution in [-0.4, -0.2) is 5.78 Å². The molecular formula is C16H17NO2. The van der Waals surface area contributed by atoms with E-state index in [1.54, 1.807) is 12.5 Å². The minimum Gasteiger partial charge on any atom is -0.472 e. The van der Waals surface area contributed by atoms with Gasteiger partial charge in [-0.25, -0.2) is 0 Å². The summed E-state index contributed by atoms with van der Waals surface area (Å²) >= 11 is 0. The lowest BCUT2D eigenvalue weighted by molar-refractivity contribution is -0.126. The van der Waals surface area contributed by atoms with Crippen molar-refractivity contribution in [3.63, 3.8) is 0 Å². The Morgan fingerprint density at radius 3 is 2.63 bits per heavy atom. The highest BCUT2D eigenvalue weighted by Crippen LogP contribution is 2.34. The summed E-state index contributed by atoms with van der Waals surface area (Å²) in [5, 5.41) is 3.57. The molecule has 1 aliphatic rings. The number of ketones is 1. The molecule has 0 bridgehead atoms. The van der Waals surface area contributed by atoms with E-state index in [2.05, 4.69) is 17.4 Å². The Morgan fingerprint density at radius 2 is 1.95 bits per heavy atom. The van der Waals surface area contributed by atoms with Gasteiger partial charge in [-0.2, -0.15) is 0 Å². The van der Waals surface area contributed by atoms with Crippen molar-refractivity contribution in [1.29, 1.82) is 0 Å². The quantitative estimate of drug-likeness (QED) is 0.895. The number of carbonyl (C=O) groups excluding carboxylic acids is 1. The first-order valence-corrected chi connectivity index (χ1v) is 6.61. The van der Waals surface area contributed by atoms with Crippen LogP contribution in [0.15, 0.2) is 53.3 Å². The van der Waals surface area contributed by atoms with Crippen LogP contribution >= 0.6 is 0 Å². The Labute approximate surface area is 112 Å². The van der Waals surface area contributed by atoms with Crippen molar-refractivity contribution < 1.29 is 9.21 Å². The van der Waals surface area contributed by atoms with Crippen LogP contribution in [0, 0.1) is 5.92 Å². The number of hydrogen-bond donors (Lipinski definition) is 1. The lowest BCUT2D eigenvalue weighted by Gasteiger charge is -2.34. The molecule has 1 aromatic carbocycles. The van der Waals surface area contributed by atoms with Gasteiger partial charge < -0.3 is 9.73 Å². The van der Waals surface area contributed by atoms with Crippen molar-refractivity contribution in [2.45, 2.75) is 25.4 Å². The fourth-order valence-corrected chi connectivity index (χ4v) is 2.73. The zero-order valence-corrected chi connectivity index (χ0v) is 10.9. The molecule has 0 spiro atoms. The molecule has 2 aromatic rings. The van der Waals surface area contributed by atoms with E-state index in [4.69, 9.17) is 4.42 Å². The molecule has 1 aromatic heterocycles. The number of benzene rings is 1. The van der Waals surface area contributed by atoms with E-state index in [0.29, 0.717) is 12.2 Å². The molecule has 0 amide bonds. The van der Waals surface area contributed by atoms with Crippen molar-refractivity contribution in [1.82, 2.24) is 5.32 Å². The molecule has 1 fully saturated rings. The predicted molar refractivity (Wildman–Crippen MR) is 72.6 cm³/mol. The third-order valence-electron chi connectivity index (χ3n) is 3.90. The maximum Gasteiger partial charge on any atom is 0.139 e. The Kier molecular flexibility index (Phi) is 3.22. The normalized spacial score (nSPS) is 27.4. The molecule has 19 heavy (non-hydrogen) atoms. The Bertz CT molecular complexity index is 547. The summed E-state index contributed by atoms with van der Waals surface area (Å²) < 4.78 is 5.12. The number of rotatable bonds is 2. The second kappa shape index (κ2) is 5.02. The summed E-state index contributed by atoms with van der Waals surface area (Å²) in [6.07, 6.45) is 3.89. The highest BCUT2D eigenvalue weighted by molar-refractivity contribution is 5.83. The van der Waals surface area contributed by atoms with Crippen LogP contribution in [-0.2, 0) is 4.79 Å². The zero-order chi connectivity index (χ0) is 13.2. The van der Waals surface area contributed by atoms with Crippen LogP contribution in [0.3, 0.4) is 0 Å². The van der Waals surface area contributed by atoms with Crippen LogP contribution in [0.2, 0.25) is 0 Å². The molecule has 0 aliphatic carbocycles. The summed E-state index contributed by atoms with van der Waals surface area (Å²) in [6, 6.07) is 12.2. The largest absolute Gasteiger partial charge is 0.472 e. The van der Waals surface area contributed by atoms with Gasteiger partial charge in [-0.1, -0.05) is 37.3 Å². The Morgan fingerprint density at radius 1 is 1.16 bits per heavy atom. The summed E-state index contributed by atoms with van der Waals surface area (Å²) in [5.41, 5.74) is 2.21. The highest BCUT2D eigenvalue weighted by atomic mass is 16.3. The van der Waals surface area contributed by atoms with Crippen LogP contribution in [0.1, 0.15) is 36.6 Å². The van der Waals surface area contributed by atoms with Crippen LogP contribution < -0.4 is 5.32 Å². The van der Waals surface area contributed by atoms with Gasteiger partial charge in [0.1, 0.15) is 5.78 Å². The van der Waals surface area contributed by atoms with Crippen molar-refractivity contribution >= 4 is 5.78 Å². The molecule has 2 heterocycles. The topological polar surface area (TPSA) is 42.2 Å². The van der Waals surface area contributed by atoms with E-state index in [9.17, 15) is 4.79 Å². The number of piperidine rings is 1. The van der Waals surface area contributed by atoms with Gasteiger partial charge in [-0.15, -0.1) is 0 Å². The maximum atomic E-state index is 12.2. The van der Waals surface area contributed by atoms with Crippen molar-refractivity contribution in [3.8, 4) is 0 Å². The van der Waals surface area contributed by atoms with E-state index >= 15 is 0 Å². The maximum absolute atomic E-state index is 12.2. The standard InChI is InChI=1S/C16H17NO2/c1-11-15(18)9-14(13-7-8-19-10-13)17-16(11)12-5-3-2-4-6-12/h2-8,10-11,14,16-17H,9H2,1H3/t11-,14+,16-/m1/s1. The summed E-state index contributed by atoms with van der Waals surface area (Å²) in [6.45, 7) is 2.00. The summed E-state index contributed by atoms with van der Waals surface area (Å²) in [5.74, 6) is 0.310. The van der Waals surface area contributed by atoms with Gasteiger partial charge in [0.15, 0.2) is 0 Å². The van der Waals surface area contributed by atoms with Gasteiger partial charge in [0.05, 0.1) is 12.5 Å². The molecule has 0 radical (unpaired) electrons. The minimum atomic E-state index is 0.00514. The van der Waals surface area contributed by atoms with Crippen molar-refractivity contribution in [3.05, 3.63) is 60.1 Å². The minimum absolute atomic E-state index is 0.00514. The molecule has 3 nitrogen and oxygen atoms in total. The van der Waals surface area contributed by atoms with Gasteiger partial charge in [0.2, 0.25) is 0 Å². The molecule has 1 aliphatic heterocycles. The number of carbonyl (C=O) groups is 1. The molecule has 1 saturated heterocycles. The van der Waals surface area contributed by atoms with Crippen LogP contribution in [0.25, 0.3) is 0 Å². The van der Waals surface area contributed by atoms with Gasteiger partial charge in [-0.3, -0.25) is 4.79 Å². The first kappa shape index (κ1) is 12.2. The third-order valence-corrected chi connectivity index (χ3v) is 3.90. The van der Waals surface area contributed by atoms with Crippen molar-refractivity contribution in [2.24, 2.45) is 5.92 Å². The molecule has 3 atom stereocenters. The lowest BCUT2D eigenvalue weighted by atomic mass is 9.82. The van der Waals surface area contributed by atoms with Crippen LogP contribution in [0.5, 0.6) is 0 Å². The Balaban J connectivity index is 1.89. The monoisotopic (exact) mass is 255 g/mol.